The molecule has 2 aromatic heterocycles. The van der Waals surface area contributed by atoms with Gasteiger partial charge in [0.05, 0.1) is 26.4 Å². The second-order valence-corrected chi connectivity index (χ2v) is 7.81. The number of nitrogens with one attached hydrogen (secondary N) is 2. The lowest BCUT2D eigenvalue weighted by Gasteiger charge is -2.18. The first-order valence-electron chi connectivity index (χ1n) is 9.07. The maximum atomic E-state index is 12.2. The minimum Gasteiger partial charge on any atom is -0.360 e. The van der Waals surface area contributed by atoms with Crippen molar-refractivity contribution in [1.29, 1.82) is 0 Å². The Balaban J connectivity index is 1.74. The zero-order chi connectivity index (χ0) is 20.1. The van der Waals surface area contributed by atoms with Crippen LogP contribution >= 0.6 is 11.8 Å². The van der Waals surface area contributed by atoms with E-state index < -0.39 is 0 Å². The van der Waals surface area contributed by atoms with Gasteiger partial charge in [0, 0.05) is 6.07 Å². The quantitative estimate of drug-likeness (QED) is 0.557. The number of carbonyl (C=O) groups excluding carboxylic acids is 1. The van der Waals surface area contributed by atoms with E-state index in [1.165, 1.54) is 16.7 Å². The molecule has 0 bridgehead atoms. The van der Waals surface area contributed by atoms with Crippen molar-refractivity contribution in [2.75, 3.05) is 25.2 Å². The SMILES string of the molecule is Cc1cc(NC(=O)CSc2nnc([C@@H](C)[NH+](C)C)n2Cc2ccccc2)no1. The summed E-state index contributed by atoms with van der Waals surface area (Å²) in [6, 6.07) is 12.0. The van der Waals surface area contributed by atoms with Gasteiger partial charge in [-0.15, -0.1) is 10.2 Å². The maximum absolute atomic E-state index is 12.2. The van der Waals surface area contributed by atoms with Crippen LogP contribution in [-0.4, -0.2) is 45.7 Å². The van der Waals surface area contributed by atoms with E-state index in [0.717, 1.165) is 16.5 Å². The second kappa shape index (κ2) is 9.03. The predicted octanol–water partition coefficient (Wildman–Crippen LogP) is 1.56. The molecular formula is C19H25N6O2S+. The zero-order valence-electron chi connectivity index (χ0n) is 16.5. The number of quaternary nitrogens is 1. The number of benzene rings is 1. The van der Waals surface area contributed by atoms with Gasteiger partial charge in [-0.1, -0.05) is 47.3 Å². The van der Waals surface area contributed by atoms with Crippen LogP contribution < -0.4 is 10.2 Å². The minimum atomic E-state index is -0.166. The summed E-state index contributed by atoms with van der Waals surface area (Å²) in [6.07, 6.45) is 0. The Bertz CT molecular complexity index is 922. The third-order valence-electron chi connectivity index (χ3n) is 4.41. The second-order valence-electron chi connectivity index (χ2n) is 6.87. The highest BCUT2D eigenvalue weighted by atomic mass is 32.2. The fourth-order valence-corrected chi connectivity index (χ4v) is 3.38. The average Bonchev–Trinajstić information content (AvgIpc) is 3.26. The molecule has 0 unspecified atom stereocenters. The fourth-order valence-electron chi connectivity index (χ4n) is 2.63. The number of anilines is 1. The molecule has 1 aromatic carbocycles. The lowest BCUT2D eigenvalue weighted by Crippen LogP contribution is -3.05. The molecule has 28 heavy (non-hydrogen) atoms. The van der Waals surface area contributed by atoms with E-state index in [4.69, 9.17) is 4.52 Å². The van der Waals surface area contributed by atoms with Crippen molar-refractivity contribution in [3.8, 4) is 0 Å². The number of amides is 1. The normalized spacial score (nSPS) is 12.3. The summed E-state index contributed by atoms with van der Waals surface area (Å²) in [4.78, 5) is 13.5. The van der Waals surface area contributed by atoms with Gasteiger partial charge in [0.2, 0.25) is 5.91 Å². The number of nitrogens with zero attached hydrogens (tertiary/aromatic N) is 4. The zero-order valence-corrected chi connectivity index (χ0v) is 17.3. The van der Waals surface area contributed by atoms with Crippen LogP contribution in [-0.2, 0) is 11.3 Å². The smallest absolute Gasteiger partial charge is 0.236 e. The van der Waals surface area contributed by atoms with Crippen LogP contribution in [0, 0.1) is 6.92 Å². The highest BCUT2D eigenvalue weighted by Gasteiger charge is 2.23. The highest BCUT2D eigenvalue weighted by molar-refractivity contribution is 7.99. The fraction of sp³-hybridized carbons (Fsp3) is 0.368. The summed E-state index contributed by atoms with van der Waals surface area (Å²) >= 11 is 1.36. The maximum Gasteiger partial charge on any atom is 0.236 e. The molecule has 0 spiro atoms. The molecule has 2 heterocycles. The lowest BCUT2D eigenvalue weighted by atomic mass is 10.2. The van der Waals surface area contributed by atoms with Gasteiger partial charge < -0.3 is 14.7 Å². The highest BCUT2D eigenvalue weighted by Crippen LogP contribution is 2.21. The van der Waals surface area contributed by atoms with Gasteiger partial charge in [0.15, 0.2) is 16.8 Å². The van der Waals surface area contributed by atoms with Crippen LogP contribution in [0.2, 0.25) is 0 Å². The van der Waals surface area contributed by atoms with Crippen molar-refractivity contribution < 1.29 is 14.2 Å². The molecule has 9 heteroatoms. The molecule has 3 aromatic rings. The number of carbonyl (C=O) groups is 1. The largest absolute Gasteiger partial charge is 0.360 e. The van der Waals surface area contributed by atoms with Crippen LogP contribution in [0.15, 0.2) is 46.1 Å². The Labute approximate surface area is 168 Å². The van der Waals surface area contributed by atoms with Gasteiger partial charge in [-0.25, -0.2) is 0 Å². The first-order chi connectivity index (χ1) is 13.4. The van der Waals surface area contributed by atoms with Crippen molar-refractivity contribution >= 4 is 23.5 Å². The van der Waals surface area contributed by atoms with E-state index in [9.17, 15) is 4.79 Å². The molecule has 3 rings (SSSR count). The monoisotopic (exact) mass is 401 g/mol. The molecule has 0 radical (unpaired) electrons. The van der Waals surface area contributed by atoms with E-state index in [1.54, 1.807) is 13.0 Å². The van der Waals surface area contributed by atoms with E-state index in [2.05, 4.69) is 58.4 Å². The van der Waals surface area contributed by atoms with Crippen molar-refractivity contribution in [3.63, 3.8) is 0 Å². The molecule has 0 aliphatic rings. The van der Waals surface area contributed by atoms with Gasteiger partial charge in [0.1, 0.15) is 11.8 Å². The number of thioether (sulfide) groups is 1. The third kappa shape index (κ3) is 4.99. The average molecular weight is 402 g/mol. The summed E-state index contributed by atoms with van der Waals surface area (Å²) < 4.78 is 7.05. The Morgan fingerprint density at radius 3 is 2.68 bits per heavy atom. The summed E-state index contributed by atoms with van der Waals surface area (Å²) in [6.45, 7) is 4.56. The molecular weight excluding hydrogens is 376 g/mol. The van der Waals surface area contributed by atoms with E-state index in [0.29, 0.717) is 18.1 Å². The molecule has 8 nitrogen and oxygen atoms in total. The predicted molar refractivity (Wildman–Crippen MR) is 107 cm³/mol. The molecule has 0 aliphatic heterocycles. The van der Waals surface area contributed by atoms with E-state index >= 15 is 0 Å². The Kier molecular flexibility index (Phi) is 6.48. The number of hydrogen-bond acceptors (Lipinski definition) is 6. The van der Waals surface area contributed by atoms with Crippen LogP contribution in [0.1, 0.15) is 30.1 Å². The molecule has 2 N–H and O–H groups in total. The molecule has 148 valence electrons. The van der Waals surface area contributed by atoms with Gasteiger partial charge >= 0.3 is 0 Å². The summed E-state index contributed by atoms with van der Waals surface area (Å²) in [7, 11) is 4.18. The molecule has 0 saturated carbocycles. The van der Waals surface area contributed by atoms with Crippen LogP contribution in [0.3, 0.4) is 0 Å². The third-order valence-corrected chi connectivity index (χ3v) is 5.38. The number of hydrogen-bond donors (Lipinski definition) is 2. The minimum absolute atomic E-state index is 0.166. The molecule has 0 aliphatic carbocycles. The van der Waals surface area contributed by atoms with Crippen LogP contribution in [0.4, 0.5) is 5.82 Å². The molecule has 0 fully saturated rings. The Hall–Kier alpha value is -2.65. The van der Waals surface area contributed by atoms with E-state index in [1.807, 2.05) is 18.2 Å². The Morgan fingerprint density at radius 1 is 1.29 bits per heavy atom. The number of aryl methyl sites for hydroxylation is 1. The Morgan fingerprint density at radius 2 is 2.04 bits per heavy atom. The van der Waals surface area contributed by atoms with Crippen molar-refractivity contribution in [2.45, 2.75) is 31.6 Å². The summed E-state index contributed by atoms with van der Waals surface area (Å²) in [5.74, 6) is 2.01. The molecule has 1 atom stereocenters. The van der Waals surface area contributed by atoms with Crippen molar-refractivity contribution in [2.24, 2.45) is 0 Å². The molecule has 1 amide bonds. The van der Waals surface area contributed by atoms with Crippen molar-refractivity contribution in [1.82, 2.24) is 19.9 Å². The van der Waals surface area contributed by atoms with Crippen LogP contribution in [0.5, 0.6) is 0 Å². The standard InChI is InChI=1S/C19H24N6O2S/c1-13-10-16(23-27-13)20-17(26)12-28-19-22-21-18(14(2)24(3)4)25(19)11-15-8-6-5-7-9-15/h5-10,14H,11-12H2,1-4H3,(H,20,23,26)/p+1/t14-/m1/s1. The lowest BCUT2D eigenvalue weighted by molar-refractivity contribution is -0.890. The van der Waals surface area contributed by atoms with Crippen LogP contribution in [0.25, 0.3) is 0 Å². The van der Waals surface area contributed by atoms with Gasteiger partial charge in [-0.2, -0.15) is 0 Å². The van der Waals surface area contributed by atoms with Gasteiger partial charge in [-0.3, -0.25) is 9.36 Å². The van der Waals surface area contributed by atoms with Crippen molar-refractivity contribution in [3.05, 3.63) is 53.5 Å². The number of aromatic nitrogens is 4. The first kappa shape index (κ1) is 20.1. The summed E-state index contributed by atoms with van der Waals surface area (Å²) in [5, 5.41) is 16.0. The van der Waals surface area contributed by atoms with Gasteiger partial charge in [-0.05, 0) is 19.4 Å². The van der Waals surface area contributed by atoms with Gasteiger partial charge in [0.25, 0.3) is 0 Å². The first-order valence-corrected chi connectivity index (χ1v) is 10.1. The summed E-state index contributed by atoms with van der Waals surface area (Å²) in [5.41, 5.74) is 1.16. The molecule has 0 saturated heterocycles. The number of rotatable bonds is 8. The topological polar surface area (TPSA) is 90.3 Å². The van der Waals surface area contributed by atoms with E-state index in [-0.39, 0.29) is 17.7 Å².